The van der Waals surface area contributed by atoms with Gasteiger partial charge < -0.3 is 5.73 Å². The van der Waals surface area contributed by atoms with Crippen molar-refractivity contribution in [1.82, 2.24) is 14.8 Å². The van der Waals surface area contributed by atoms with Gasteiger partial charge in [0.15, 0.2) is 5.82 Å². The second-order valence-corrected chi connectivity index (χ2v) is 5.48. The molecule has 4 nitrogen and oxygen atoms in total. The third kappa shape index (κ3) is 3.11. The average Bonchev–Trinajstić information content (AvgIpc) is 2.91. The van der Waals surface area contributed by atoms with E-state index in [0.717, 1.165) is 11.1 Å². The van der Waals surface area contributed by atoms with Gasteiger partial charge in [0.05, 0.1) is 6.54 Å². The summed E-state index contributed by atoms with van der Waals surface area (Å²) in [6, 6.07) is 12.0. The number of aromatic nitrogens is 3. The molecule has 0 unspecified atom stereocenters. The Kier molecular flexibility index (Phi) is 3.70. The summed E-state index contributed by atoms with van der Waals surface area (Å²) in [5.74, 6) is 0.361. The van der Waals surface area contributed by atoms with Gasteiger partial charge in [-0.3, -0.25) is 0 Å². The van der Waals surface area contributed by atoms with Crippen LogP contribution in [0.1, 0.15) is 5.56 Å². The number of halogens is 2. The van der Waals surface area contributed by atoms with Gasteiger partial charge >= 0.3 is 0 Å². The Labute approximate surface area is 129 Å². The molecular weight excluding hydrogens is 335 g/mol. The zero-order chi connectivity index (χ0) is 14.8. The Balaban J connectivity index is 1.83. The second kappa shape index (κ2) is 5.65. The first-order chi connectivity index (χ1) is 10.1. The molecule has 1 aromatic heterocycles. The maximum absolute atomic E-state index is 13.1. The summed E-state index contributed by atoms with van der Waals surface area (Å²) >= 11 is 3.35. The molecule has 0 aliphatic heterocycles. The van der Waals surface area contributed by atoms with Crippen molar-refractivity contribution in [3.05, 3.63) is 64.6 Å². The minimum Gasteiger partial charge on any atom is -0.399 e. The first kappa shape index (κ1) is 13.8. The van der Waals surface area contributed by atoms with Crippen molar-refractivity contribution in [1.29, 1.82) is 0 Å². The van der Waals surface area contributed by atoms with E-state index in [4.69, 9.17) is 5.73 Å². The molecule has 0 bridgehead atoms. The van der Waals surface area contributed by atoms with Crippen molar-refractivity contribution in [2.45, 2.75) is 6.54 Å². The number of nitrogens with zero attached hydrogens (tertiary/aromatic N) is 3. The summed E-state index contributed by atoms with van der Waals surface area (Å²) in [7, 11) is 0. The van der Waals surface area contributed by atoms with Crippen LogP contribution < -0.4 is 5.73 Å². The monoisotopic (exact) mass is 346 g/mol. The molecule has 0 saturated carbocycles. The molecular formula is C15H12BrFN4. The molecule has 0 aliphatic carbocycles. The third-order valence-corrected chi connectivity index (χ3v) is 3.79. The largest absolute Gasteiger partial charge is 0.399 e. The molecule has 0 amide bonds. The van der Waals surface area contributed by atoms with Crippen molar-refractivity contribution < 1.29 is 4.39 Å². The molecule has 2 aromatic carbocycles. The number of rotatable bonds is 3. The van der Waals surface area contributed by atoms with Crippen molar-refractivity contribution in [2.75, 3.05) is 5.73 Å². The predicted molar refractivity (Wildman–Crippen MR) is 83.1 cm³/mol. The van der Waals surface area contributed by atoms with Crippen molar-refractivity contribution >= 4 is 21.6 Å². The van der Waals surface area contributed by atoms with Crippen LogP contribution in [0.25, 0.3) is 11.4 Å². The number of hydrogen-bond acceptors (Lipinski definition) is 3. The standard InChI is InChI=1S/C15H12BrFN4/c16-14-7-12(17)4-1-11(14)8-21-9-19-15(20-21)10-2-5-13(18)6-3-10/h1-7,9H,8,18H2. The van der Waals surface area contributed by atoms with Gasteiger partial charge in [-0.15, -0.1) is 0 Å². The quantitative estimate of drug-likeness (QED) is 0.738. The molecule has 3 rings (SSSR count). The van der Waals surface area contributed by atoms with E-state index < -0.39 is 0 Å². The van der Waals surface area contributed by atoms with Crippen molar-refractivity contribution in [2.24, 2.45) is 0 Å². The summed E-state index contributed by atoms with van der Waals surface area (Å²) in [6.07, 6.45) is 1.65. The summed E-state index contributed by atoms with van der Waals surface area (Å²) in [5, 5.41) is 4.42. The molecule has 6 heteroatoms. The lowest BCUT2D eigenvalue weighted by Gasteiger charge is -2.04. The molecule has 0 aliphatic rings. The topological polar surface area (TPSA) is 56.7 Å². The fourth-order valence-corrected chi connectivity index (χ4v) is 2.44. The zero-order valence-electron chi connectivity index (χ0n) is 11.0. The van der Waals surface area contributed by atoms with Gasteiger partial charge in [-0.2, -0.15) is 5.10 Å². The summed E-state index contributed by atoms with van der Waals surface area (Å²) in [6.45, 7) is 0.517. The van der Waals surface area contributed by atoms with Crippen molar-refractivity contribution in [3.63, 3.8) is 0 Å². The van der Waals surface area contributed by atoms with E-state index in [0.29, 0.717) is 22.5 Å². The number of nitrogen functional groups attached to an aromatic ring is 1. The van der Waals surface area contributed by atoms with E-state index in [9.17, 15) is 4.39 Å². The molecule has 0 radical (unpaired) electrons. The van der Waals surface area contributed by atoms with E-state index in [1.165, 1.54) is 12.1 Å². The second-order valence-electron chi connectivity index (χ2n) is 4.62. The average molecular weight is 347 g/mol. The summed E-state index contributed by atoms with van der Waals surface area (Å²) < 4.78 is 15.5. The normalized spacial score (nSPS) is 10.8. The number of hydrogen-bond donors (Lipinski definition) is 1. The number of benzene rings is 2. The Bertz CT molecular complexity index is 768. The molecule has 0 fully saturated rings. The molecule has 3 aromatic rings. The lowest BCUT2D eigenvalue weighted by Crippen LogP contribution is -2.01. The molecule has 106 valence electrons. The summed E-state index contributed by atoms with van der Waals surface area (Å²) in [4.78, 5) is 4.28. The Morgan fingerprint density at radius 3 is 2.62 bits per heavy atom. The number of nitrogens with two attached hydrogens (primary N) is 1. The molecule has 0 atom stereocenters. The Morgan fingerprint density at radius 2 is 1.90 bits per heavy atom. The highest BCUT2D eigenvalue weighted by molar-refractivity contribution is 9.10. The zero-order valence-corrected chi connectivity index (χ0v) is 12.6. The fourth-order valence-electron chi connectivity index (χ4n) is 1.96. The van der Waals surface area contributed by atoms with E-state index in [1.54, 1.807) is 17.1 Å². The van der Waals surface area contributed by atoms with Crippen LogP contribution in [0.5, 0.6) is 0 Å². The first-order valence-corrected chi connectivity index (χ1v) is 7.10. The molecule has 2 N–H and O–H groups in total. The van der Waals surface area contributed by atoms with Crippen LogP contribution in [0.4, 0.5) is 10.1 Å². The van der Waals surface area contributed by atoms with Gasteiger partial charge in [0, 0.05) is 15.7 Å². The smallest absolute Gasteiger partial charge is 0.181 e. The minimum absolute atomic E-state index is 0.272. The van der Waals surface area contributed by atoms with Crippen LogP contribution in [0.2, 0.25) is 0 Å². The van der Waals surface area contributed by atoms with Gasteiger partial charge in [-0.1, -0.05) is 22.0 Å². The van der Waals surface area contributed by atoms with Gasteiger partial charge in [-0.05, 0) is 42.0 Å². The van der Waals surface area contributed by atoms with E-state index in [2.05, 4.69) is 26.0 Å². The van der Waals surface area contributed by atoms with Crippen molar-refractivity contribution in [3.8, 4) is 11.4 Å². The predicted octanol–water partition coefficient (Wildman–Crippen LogP) is 3.48. The molecule has 0 spiro atoms. The van der Waals surface area contributed by atoms with Gasteiger partial charge in [0.2, 0.25) is 0 Å². The van der Waals surface area contributed by atoms with Crippen LogP contribution in [-0.2, 0) is 6.54 Å². The van der Waals surface area contributed by atoms with E-state index in [-0.39, 0.29) is 5.82 Å². The third-order valence-electron chi connectivity index (χ3n) is 3.05. The van der Waals surface area contributed by atoms with E-state index in [1.807, 2.05) is 24.3 Å². The number of anilines is 1. The lowest BCUT2D eigenvalue weighted by atomic mass is 10.2. The van der Waals surface area contributed by atoms with Crippen LogP contribution >= 0.6 is 15.9 Å². The van der Waals surface area contributed by atoms with Gasteiger partial charge in [0.1, 0.15) is 12.1 Å². The van der Waals surface area contributed by atoms with Crippen LogP contribution in [0, 0.1) is 5.82 Å². The summed E-state index contributed by atoms with van der Waals surface area (Å²) in [5.41, 5.74) is 8.20. The molecule has 0 saturated heterocycles. The Morgan fingerprint density at radius 1 is 1.14 bits per heavy atom. The maximum atomic E-state index is 13.1. The SMILES string of the molecule is Nc1ccc(-c2ncn(Cc3ccc(F)cc3Br)n2)cc1. The van der Waals surface area contributed by atoms with Crippen LogP contribution in [0.3, 0.4) is 0 Å². The van der Waals surface area contributed by atoms with Gasteiger partial charge in [0.25, 0.3) is 0 Å². The Hall–Kier alpha value is -2.21. The first-order valence-electron chi connectivity index (χ1n) is 6.31. The highest BCUT2D eigenvalue weighted by Gasteiger charge is 2.07. The van der Waals surface area contributed by atoms with Gasteiger partial charge in [-0.25, -0.2) is 14.1 Å². The highest BCUT2D eigenvalue weighted by atomic mass is 79.9. The fraction of sp³-hybridized carbons (Fsp3) is 0.0667. The minimum atomic E-state index is -0.272. The van der Waals surface area contributed by atoms with E-state index >= 15 is 0 Å². The molecule has 21 heavy (non-hydrogen) atoms. The van der Waals surface area contributed by atoms with Crippen LogP contribution in [0.15, 0.2) is 53.3 Å². The molecule has 1 heterocycles. The lowest BCUT2D eigenvalue weighted by molar-refractivity contribution is 0.623. The van der Waals surface area contributed by atoms with Crippen LogP contribution in [-0.4, -0.2) is 14.8 Å². The maximum Gasteiger partial charge on any atom is 0.181 e. The highest BCUT2D eigenvalue weighted by Crippen LogP contribution is 2.20.